The van der Waals surface area contributed by atoms with E-state index in [0.29, 0.717) is 21.8 Å². The highest BCUT2D eigenvalue weighted by atomic mass is 32.2. The van der Waals surface area contributed by atoms with E-state index >= 15 is 0 Å². The van der Waals surface area contributed by atoms with Crippen molar-refractivity contribution in [3.05, 3.63) is 94.0 Å². The smallest absolute Gasteiger partial charge is 0.241 e. The van der Waals surface area contributed by atoms with Gasteiger partial charge in [-0.25, -0.2) is 8.42 Å². The molecule has 0 heterocycles. The molecule has 3 rings (SSSR count). The van der Waals surface area contributed by atoms with E-state index < -0.39 is 16.1 Å². The highest BCUT2D eigenvalue weighted by Crippen LogP contribution is 2.31. The molecule has 0 bridgehead atoms. The number of hydrogen-bond acceptors (Lipinski definition) is 3. The van der Waals surface area contributed by atoms with Gasteiger partial charge in [0.15, 0.2) is 0 Å². The zero-order chi connectivity index (χ0) is 21.2. The van der Waals surface area contributed by atoms with Gasteiger partial charge in [0.25, 0.3) is 0 Å². The van der Waals surface area contributed by atoms with Gasteiger partial charge in [0.05, 0.1) is 18.0 Å². The Kier molecular flexibility index (Phi) is 6.10. The van der Waals surface area contributed by atoms with Crippen LogP contribution in [-0.4, -0.2) is 15.5 Å². The number of hydrogen-bond donors (Lipinski definition) is 1. The van der Waals surface area contributed by atoms with Crippen molar-refractivity contribution in [2.24, 2.45) is 0 Å². The van der Waals surface area contributed by atoms with Crippen molar-refractivity contribution < 1.29 is 13.2 Å². The molecule has 4 nitrogen and oxygen atoms in total. The SMILES string of the molecule is COc1cc(C)c(S(=O)(=O)NC(c2ccccc2)c2ccc(C)cc2C)c(C)c1. The predicted octanol–water partition coefficient (Wildman–Crippen LogP) is 5.00. The maximum Gasteiger partial charge on any atom is 0.241 e. The van der Waals surface area contributed by atoms with Crippen LogP contribution < -0.4 is 9.46 Å². The molecule has 0 saturated heterocycles. The van der Waals surface area contributed by atoms with Crippen LogP contribution in [0.4, 0.5) is 0 Å². The van der Waals surface area contributed by atoms with E-state index in [-0.39, 0.29) is 0 Å². The summed E-state index contributed by atoms with van der Waals surface area (Å²) < 4.78 is 35.1. The normalized spacial score (nSPS) is 12.6. The number of nitrogens with one attached hydrogen (secondary N) is 1. The summed E-state index contributed by atoms with van der Waals surface area (Å²) in [6.07, 6.45) is 0. The molecule has 0 aliphatic rings. The van der Waals surface area contributed by atoms with Gasteiger partial charge in [-0.05, 0) is 67.6 Å². The second-order valence-electron chi connectivity index (χ2n) is 7.42. The van der Waals surface area contributed by atoms with Crippen LogP contribution in [0.15, 0.2) is 65.6 Å². The summed E-state index contributed by atoms with van der Waals surface area (Å²) in [5, 5.41) is 0. The molecule has 0 aromatic heterocycles. The van der Waals surface area contributed by atoms with Crippen LogP contribution in [0, 0.1) is 27.7 Å². The summed E-state index contributed by atoms with van der Waals surface area (Å²) >= 11 is 0. The van der Waals surface area contributed by atoms with Crippen LogP contribution in [0.2, 0.25) is 0 Å². The van der Waals surface area contributed by atoms with Gasteiger partial charge in [0.2, 0.25) is 10.0 Å². The molecule has 1 N–H and O–H groups in total. The van der Waals surface area contributed by atoms with Gasteiger partial charge >= 0.3 is 0 Å². The largest absolute Gasteiger partial charge is 0.497 e. The summed E-state index contributed by atoms with van der Waals surface area (Å²) in [7, 11) is -2.20. The van der Waals surface area contributed by atoms with E-state index in [1.54, 1.807) is 33.1 Å². The first kappa shape index (κ1) is 21.1. The van der Waals surface area contributed by atoms with Gasteiger partial charge in [-0.3, -0.25) is 0 Å². The summed E-state index contributed by atoms with van der Waals surface area (Å²) in [6, 6.07) is 18.7. The summed E-state index contributed by atoms with van der Waals surface area (Å²) in [4.78, 5) is 0.295. The number of benzene rings is 3. The summed E-state index contributed by atoms with van der Waals surface area (Å²) in [5.74, 6) is 0.646. The summed E-state index contributed by atoms with van der Waals surface area (Å²) in [6.45, 7) is 7.62. The molecule has 0 spiro atoms. The molecule has 3 aromatic carbocycles. The van der Waals surface area contributed by atoms with Crippen molar-refractivity contribution in [3.8, 4) is 5.75 Å². The maximum absolute atomic E-state index is 13.5. The van der Waals surface area contributed by atoms with Crippen molar-refractivity contribution >= 4 is 10.0 Å². The maximum atomic E-state index is 13.5. The first-order valence-corrected chi connectivity index (χ1v) is 11.0. The van der Waals surface area contributed by atoms with E-state index in [2.05, 4.69) is 10.8 Å². The lowest BCUT2D eigenvalue weighted by molar-refractivity contribution is 0.413. The quantitative estimate of drug-likeness (QED) is 0.623. The molecular weight excluding hydrogens is 382 g/mol. The zero-order valence-corrected chi connectivity index (χ0v) is 18.3. The third-order valence-corrected chi connectivity index (χ3v) is 6.81. The molecule has 0 amide bonds. The van der Waals surface area contributed by atoms with Gasteiger partial charge in [-0.1, -0.05) is 54.1 Å². The average Bonchev–Trinajstić information content (AvgIpc) is 2.66. The van der Waals surface area contributed by atoms with Crippen LogP contribution >= 0.6 is 0 Å². The molecule has 0 saturated carbocycles. The standard InChI is InChI=1S/C24H27NO3S/c1-16-11-12-22(17(2)13-16)23(20-9-7-6-8-10-20)25-29(26,27)24-18(3)14-21(28-5)15-19(24)4/h6-15,23,25H,1-5H3. The van der Waals surface area contributed by atoms with Crippen LogP contribution in [0.5, 0.6) is 5.75 Å². The third-order valence-electron chi connectivity index (χ3n) is 5.08. The highest BCUT2D eigenvalue weighted by Gasteiger charge is 2.27. The molecule has 1 unspecified atom stereocenters. The predicted molar refractivity (Wildman–Crippen MR) is 117 cm³/mol. The Balaban J connectivity index is 2.11. The van der Waals surface area contributed by atoms with Gasteiger partial charge < -0.3 is 4.74 Å². The minimum absolute atomic E-state index is 0.295. The Morgan fingerprint density at radius 2 is 1.45 bits per heavy atom. The van der Waals surface area contributed by atoms with Gasteiger partial charge in [0.1, 0.15) is 5.75 Å². The van der Waals surface area contributed by atoms with Crippen LogP contribution in [0.3, 0.4) is 0 Å². The first-order valence-electron chi connectivity index (χ1n) is 9.52. The van der Waals surface area contributed by atoms with E-state index in [9.17, 15) is 8.42 Å². The van der Waals surface area contributed by atoms with Crippen molar-refractivity contribution in [2.75, 3.05) is 7.11 Å². The van der Waals surface area contributed by atoms with Crippen LogP contribution in [0.25, 0.3) is 0 Å². The second-order valence-corrected chi connectivity index (χ2v) is 9.07. The number of ether oxygens (including phenoxy) is 1. The molecule has 152 valence electrons. The van der Waals surface area contributed by atoms with Crippen molar-refractivity contribution in [2.45, 2.75) is 38.6 Å². The topological polar surface area (TPSA) is 55.4 Å². The highest BCUT2D eigenvalue weighted by molar-refractivity contribution is 7.89. The monoisotopic (exact) mass is 409 g/mol. The van der Waals surface area contributed by atoms with Crippen LogP contribution in [-0.2, 0) is 10.0 Å². The Labute approximate surface area is 173 Å². The van der Waals surface area contributed by atoms with E-state index in [4.69, 9.17) is 4.74 Å². The zero-order valence-electron chi connectivity index (χ0n) is 17.5. The van der Waals surface area contributed by atoms with Crippen LogP contribution in [0.1, 0.15) is 39.4 Å². The minimum Gasteiger partial charge on any atom is -0.497 e. The summed E-state index contributed by atoms with van der Waals surface area (Å²) in [5.41, 5.74) is 5.33. The molecule has 5 heteroatoms. The fourth-order valence-electron chi connectivity index (χ4n) is 3.77. The second kappa shape index (κ2) is 8.39. The molecule has 0 aliphatic heterocycles. The molecule has 0 aliphatic carbocycles. The Hall–Kier alpha value is -2.63. The lowest BCUT2D eigenvalue weighted by Crippen LogP contribution is -2.31. The Morgan fingerprint density at radius 1 is 0.828 bits per heavy atom. The van der Waals surface area contributed by atoms with Gasteiger partial charge in [0, 0.05) is 0 Å². The molecule has 0 fully saturated rings. The molecule has 1 atom stereocenters. The molecular formula is C24H27NO3S. The van der Waals surface area contributed by atoms with E-state index in [0.717, 1.165) is 22.3 Å². The fourth-order valence-corrected chi connectivity index (χ4v) is 5.43. The number of aryl methyl sites for hydroxylation is 4. The van der Waals surface area contributed by atoms with E-state index in [1.807, 2.05) is 56.3 Å². The van der Waals surface area contributed by atoms with Crippen molar-refractivity contribution in [3.63, 3.8) is 0 Å². The van der Waals surface area contributed by atoms with Gasteiger partial charge in [-0.2, -0.15) is 4.72 Å². The molecule has 3 aromatic rings. The molecule has 29 heavy (non-hydrogen) atoms. The fraction of sp³-hybridized carbons (Fsp3) is 0.250. The Morgan fingerprint density at radius 3 is 2.00 bits per heavy atom. The number of sulfonamides is 1. The van der Waals surface area contributed by atoms with Gasteiger partial charge in [-0.15, -0.1) is 0 Å². The Bertz CT molecular complexity index is 1100. The number of methoxy groups -OCH3 is 1. The first-order chi connectivity index (χ1) is 13.7. The van der Waals surface area contributed by atoms with Crippen molar-refractivity contribution in [1.82, 2.24) is 4.72 Å². The lowest BCUT2D eigenvalue weighted by Gasteiger charge is -2.23. The number of rotatable bonds is 6. The minimum atomic E-state index is -3.77. The lowest BCUT2D eigenvalue weighted by atomic mass is 9.95. The third kappa shape index (κ3) is 4.52. The molecule has 0 radical (unpaired) electrons. The van der Waals surface area contributed by atoms with E-state index in [1.165, 1.54) is 0 Å². The average molecular weight is 410 g/mol. The van der Waals surface area contributed by atoms with Crippen molar-refractivity contribution in [1.29, 1.82) is 0 Å².